The van der Waals surface area contributed by atoms with Gasteiger partial charge in [0, 0.05) is 10.9 Å². The van der Waals surface area contributed by atoms with Crippen molar-refractivity contribution in [3.8, 4) is 0 Å². The quantitative estimate of drug-likeness (QED) is 0.777. The lowest BCUT2D eigenvalue weighted by Gasteiger charge is -2.12. The van der Waals surface area contributed by atoms with Gasteiger partial charge in [0.25, 0.3) is 11.5 Å². The number of benzene rings is 1. The maximum atomic E-state index is 12.4. The van der Waals surface area contributed by atoms with Crippen LogP contribution in [0.1, 0.15) is 33.9 Å². The van der Waals surface area contributed by atoms with Crippen LogP contribution in [-0.2, 0) is 6.54 Å². The number of nitrogens with zero attached hydrogens (tertiary/aromatic N) is 2. The predicted octanol–water partition coefficient (Wildman–Crippen LogP) is 2.84. The summed E-state index contributed by atoms with van der Waals surface area (Å²) in [6.07, 6.45) is 0. The smallest absolute Gasteiger partial charge is 0.272 e. The summed E-state index contributed by atoms with van der Waals surface area (Å²) in [4.78, 5) is 25.4. The lowest BCUT2D eigenvalue weighted by Crippen LogP contribution is -2.31. The van der Waals surface area contributed by atoms with Crippen LogP contribution in [0.25, 0.3) is 0 Å². The van der Waals surface area contributed by atoms with Gasteiger partial charge >= 0.3 is 0 Å². The molecule has 1 atom stereocenters. The molecule has 2 aromatic heterocycles. The van der Waals surface area contributed by atoms with E-state index in [-0.39, 0.29) is 23.2 Å². The van der Waals surface area contributed by atoms with Crippen molar-refractivity contribution >= 4 is 17.2 Å². The number of aromatic nitrogens is 2. The molecule has 2 heterocycles. The van der Waals surface area contributed by atoms with Crippen LogP contribution in [-0.4, -0.2) is 15.7 Å². The van der Waals surface area contributed by atoms with Crippen molar-refractivity contribution in [1.82, 2.24) is 15.1 Å². The highest BCUT2D eigenvalue weighted by Gasteiger charge is 2.14. The molecular weight excluding hydrogens is 322 g/mol. The van der Waals surface area contributed by atoms with Gasteiger partial charge in [-0.25, -0.2) is 4.68 Å². The fourth-order valence-corrected chi connectivity index (χ4v) is 3.05. The van der Waals surface area contributed by atoms with Crippen molar-refractivity contribution in [3.05, 3.63) is 86.5 Å². The SMILES string of the molecule is CC(NC(=O)c1ccc(=O)n(Cc2ccccc2)n1)c1cccs1. The van der Waals surface area contributed by atoms with Crippen LogP contribution >= 0.6 is 11.3 Å². The highest BCUT2D eigenvalue weighted by molar-refractivity contribution is 7.10. The number of hydrogen-bond acceptors (Lipinski definition) is 4. The largest absolute Gasteiger partial charge is 0.343 e. The molecule has 122 valence electrons. The molecule has 0 aliphatic heterocycles. The third-order valence-electron chi connectivity index (χ3n) is 3.59. The fourth-order valence-electron chi connectivity index (χ4n) is 2.32. The van der Waals surface area contributed by atoms with Crippen molar-refractivity contribution in [3.63, 3.8) is 0 Å². The third-order valence-corrected chi connectivity index (χ3v) is 4.65. The Hall–Kier alpha value is -2.73. The van der Waals surface area contributed by atoms with Gasteiger partial charge < -0.3 is 5.32 Å². The van der Waals surface area contributed by atoms with E-state index in [1.54, 1.807) is 11.3 Å². The molecule has 0 bridgehead atoms. The van der Waals surface area contributed by atoms with Crippen LogP contribution in [0.15, 0.2) is 64.8 Å². The molecular formula is C18H17N3O2S. The van der Waals surface area contributed by atoms with Gasteiger partial charge in [-0.05, 0) is 30.0 Å². The lowest BCUT2D eigenvalue weighted by atomic mass is 10.2. The Balaban J connectivity index is 1.77. The molecule has 5 nitrogen and oxygen atoms in total. The summed E-state index contributed by atoms with van der Waals surface area (Å²) in [5, 5.41) is 9.07. The second-order valence-electron chi connectivity index (χ2n) is 5.41. The van der Waals surface area contributed by atoms with Gasteiger partial charge in [-0.15, -0.1) is 11.3 Å². The second-order valence-corrected chi connectivity index (χ2v) is 6.39. The van der Waals surface area contributed by atoms with Gasteiger partial charge in [0.05, 0.1) is 12.6 Å². The lowest BCUT2D eigenvalue weighted by molar-refractivity contribution is 0.0933. The molecule has 0 saturated carbocycles. The molecule has 0 spiro atoms. The Morgan fingerprint density at radius 3 is 2.67 bits per heavy atom. The summed E-state index contributed by atoms with van der Waals surface area (Å²) >= 11 is 1.59. The number of hydrogen-bond donors (Lipinski definition) is 1. The van der Waals surface area contributed by atoms with E-state index in [0.29, 0.717) is 6.54 Å². The Kier molecular flexibility index (Phi) is 4.86. The molecule has 3 aromatic rings. The first-order valence-corrected chi connectivity index (χ1v) is 8.48. The van der Waals surface area contributed by atoms with Crippen molar-refractivity contribution in [2.24, 2.45) is 0 Å². The molecule has 6 heteroatoms. The highest BCUT2D eigenvalue weighted by atomic mass is 32.1. The normalized spacial score (nSPS) is 11.9. The van der Waals surface area contributed by atoms with Crippen molar-refractivity contribution in [2.45, 2.75) is 19.5 Å². The summed E-state index contributed by atoms with van der Waals surface area (Å²) < 4.78 is 1.31. The minimum Gasteiger partial charge on any atom is -0.343 e. The molecule has 3 rings (SSSR count). The maximum Gasteiger partial charge on any atom is 0.272 e. The summed E-state index contributed by atoms with van der Waals surface area (Å²) in [5.74, 6) is -0.294. The zero-order valence-corrected chi connectivity index (χ0v) is 14.0. The third kappa shape index (κ3) is 3.78. The molecule has 0 saturated heterocycles. The molecule has 0 aliphatic rings. The summed E-state index contributed by atoms with van der Waals surface area (Å²) in [5.41, 5.74) is 0.951. The van der Waals surface area contributed by atoms with Gasteiger partial charge in [-0.2, -0.15) is 5.10 Å². The average Bonchev–Trinajstić information content (AvgIpc) is 3.12. The van der Waals surface area contributed by atoms with Crippen molar-refractivity contribution < 1.29 is 4.79 Å². The van der Waals surface area contributed by atoms with Gasteiger partial charge in [-0.3, -0.25) is 9.59 Å². The van der Waals surface area contributed by atoms with E-state index in [2.05, 4.69) is 10.4 Å². The molecule has 0 radical (unpaired) electrons. The van der Waals surface area contributed by atoms with E-state index in [0.717, 1.165) is 10.4 Å². The first kappa shape index (κ1) is 16.1. The molecule has 1 aromatic carbocycles. The van der Waals surface area contributed by atoms with Crippen LogP contribution in [0.4, 0.5) is 0 Å². The average molecular weight is 339 g/mol. The van der Waals surface area contributed by atoms with Gasteiger partial charge in [-0.1, -0.05) is 36.4 Å². The molecule has 1 amide bonds. The van der Waals surface area contributed by atoms with Gasteiger partial charge in [0.1, 0.15) is 5.69 Å². The summed E-state index contributed by atoms with van der Waals surface area (Å²) in [6, 6.07) is 16.2. The number of thiophene rings is 1. The van der Waals surface area contributed by atoms with E-state index >= 15 is 0 Å². The predicted molar refractivity (Wildman–Crippen MR) is 94.2 cm³/mol. The van der Waals surface area contributed by atoms with E-state index in [1.165, 1.54) is 16.8 Å². The van der Waals surface area contributed by atoms with Crippen molar-refractivity contribution in [2.75, 3.05) is 0 Å². The molecule has 0 aliphatic carbocycles. The maximum absolute atomic E-state index is 12.4. The Morgan fingerprint density at radius 2 is 1.96 bits per heavy atom. The topological polar surface area (TPSA) is 64.0 Å². The summed E-state index contributed by atoms with van der Waals surface area (Å²) in [6.45, 7) is 2.25. The Labute approximate surface area is 143 Å². The summed E-state index contributed by atoms with van der Waals surface area (Å²) in [7, 11) is 0. The van der Waals surface area contributed by atoms with Crippen LogP contribution in [0, 0.1) is 0 Å². The molecule has 1 N–H and O–H groups in total. The zero-order valence-electron chi connectivity index (χ0n) is 13.2. The van der Waals surface area contributed by atoms with E-state index < -0.39 is 0 Å². The zero-order chi connectivity index (χ0) is 16.9. The number of nitrogens with one attached hydrogen (secondary N) is 1. The molecule has 24 heavy (non-hydrogen) atoms. The minimum absolute atomic E-state index is 0.103. The van der Waals surface area contributed by atoms with Crippen LogP contribution in [0.2, 0.25) is 0 Å². The molecule has 0 fully saturated rings. The van der Waals surface area contributed by atoms with Crippen molar-refractivity contribution in [1.29, 1.82) is 0 Å². The molecule has 1 unspecified atom stereocenters. The van der Waals surface area contributed by atoms with E-state index in [1.807, 2.05) is 54.8 Å². The number of carbonyl (C=O) groups is 1. The van der Waals surface area contributed by atoms with Crippen LogP contribution in [0.3, 0.4) is 0 Å². The number of carbonyl (C=O) groups excluding carboxylic acids is 1. The second kappa shape index (κ2) is 7.23. The van der Waals surface area contributed by atoms with Gasteiger partial charge in [0.2, 0.25) is 0 Å². The minimum atomic E-state index is -0.294. The van der Waals surface area contributed by atoms with E-state index in [4.69, 9.17) is 0 Å². The Bertz CT molecular complexity index is 873. The monoisotopic (exact) mass is 339 g/mol. The van der Waals surface area contributed by atoms with E-state index in [9.17, 15) is 9.59 Å². The first-order chi connectivity index (χ1) is 11.6. The standard InChI is InChI=1S/C18H17N3O2S/c1-13(16-8-5-11-24-16)19-18(23)15-9-10-17(22)21(20-15)12-14-6-3-2-4-7-14/h2-11,13H,12H2,1H3,(H,19,23). The van der Waals surface area contributed by atoms with Crippen LogP contribution in [0.5, 0.6) is 0 Å². The fraction of sp³-hybridized carbons (Fsp3) is 0.167. The van der Waals surface area contributed by atoms with Gasteiger partial charge in [0.15, 0.2) is 0 Å². The first-order valence-electron chi connectivity index (χ1n) is 7.60. The number of amides is 1. The number of rotatable bonds is 5. The highest BCUT2D eigenvalue weighted by Crippen LogP contribution is 2.18. The Morgan fingerprint density at radius 1 is 1.17 bits per heavy atom. The van der Waals surface area contributed by atoms with Crippen LogP contribution < -0.4 is 10.9 Å².